The van der Waals surface area contributed by atoms with Gasteiger partial charge in [-0.2, -0.15) is 0 Å². The maximum absolute atomic E-state index is 10.5. The molecule has 0 atom stereocenters. The van der Waals surface area contributed by atoms with E-state index in [0.717, 1.165) is 15.4 Å². The summed E-state index contributed by atoms with van der Waals surface area (Å²) in [4.78, 5) is 15.2. The third kappa shape index (κ3) is 2.07. The second-order valence-corrected chi connectivity index (χ2v) is 4.26. The monoisotopic (exact) mass is 235 g/mol. The van der Waals surface area contributed by atoms with Gasteiger partial charge in [0.25, 0.3) is 5.69 Å². The van der Waals surface area contributed by atoms with E-state index in [1.165, 1.54) is 23.5 Å². The highest BCUT2D eigenvalue weighted by atomic mass is 32.1. The number of hydrogen-bond acceptors (Lipinski definition) is 5. The van der Waals surface area contributed by atoms with E-state index in [1.807, 2.05) is 0 Å². The minimum absolute atomic E-state index is 0.0827. The van der Waals surface area contributed by atoms with Gasteiger partial charge >= 0.3 is 0 Å². The van der Waals surface area contributed by atoms with Gasteiger partial charge in [-0.1, -0.05) is 0 Å². The molecule has 0 saturated heterocycles. The Bertz CT molecular complexity index is 507. The summed E-state index contributed by atoms with van der Waals surface area (Å²) in [6.07, 6.45) is 1.72. The average Bonchev–Trinajstić information content (AvgIpc) is 2.77. The SMILES string of the molecule is NCc1cnc(-c2ccc([N+](=O)[O-])cc2)s1. The Morgan fingerprint density at radius 2 is 2.06 bits per heavy atom. The van der Waals surface area contributed by atoms with Crippen molar-refractivity contribution >= 4 is 17.0 Å². The van der Waals surface area contributed by atoms with Crippen molar-refractivity contribution in [2.24, 2.45) is 5.73 Å². The first-order valence-corrected chi connectivity index (χ1v) is 5.42. The van der Waals surface area contributed by atoms with Crippen molar-refractivity contribution in [3.63, 3.8) is 0 Å². The molecule has 0 radical (unpaired) electrons. The molecule has 0 spiro atoms. The van der Waals surface area contributed by atoms with Gasteiger partial charge in [-0.3, -0.25) is 10.1 Å². The van der Waals surface area contributed by atoms with Gasteiger partial charge in [-0.25, -0.2) is 4.98 Å². The quantitative estimate of drug-likeness (QED) is 0.653. The molecule has 0 aliphatic heterocycles. The number of hydrogen-bond donors (Lipinski definition) is 1. The van der Waals surface area contributed by atoms with Gasteiger partial charge in [-0.05, 0) is 12.1 Å². The number of aromatic nitrogens is 1. The number of non-ortho nitro benzene ring substituents is 1. The fraction of sp³-hybridized carbons (Fsp3) is 0.100. The molecule has 0 aliphatic carbocycles. The highest BCUT2D eigenvalue weighted by Crippen LogP contribution is 2.26. The third-order valence-electron chi connectivity index (χ3n) is 2.08. The molecule has 2 N–H and O–H groups in total. The lowest BCUT2D eigenvalue weighted by Gasteiger charge is -1.95. The van der Waals surface area contributed by atoms with Crippen molar-refractivity contribution in [1.82, 2.24) is 4.98 Å². The van der Waals surface area contributed by atoms with Gasteiger partial charge in [0, 0.05) is 35.3 Å². The zero-order valence-electron chi connectivity index (χ0n) is 8.29. The summed E-state index contributed by atoms with van der Waals surface area (Å²) in [6, 6.07) is 6.33. The van der Waals surface area contributed by atoms with Gasteiger partial charge in [0.1, 0.15) is 5.01 Å². The van der Waals surface area contributed by atoms with Crippen LogP contribution in [0.2, 0.25) is 0 Å². The van der Waals surface area contributed by atoms with Crippen LogP contribution in [0.4, 0.5) is 5.69 Å². The van der Waals surface area contributed by atoms with Crippen LogP contribution in [-0.2, 0) is 6.54 Å². The third-order valence-corrected chi connectivity index (χ3v) is 3.15. The van der Waals surface area contributed by atoms with Gasteiger partial charge in [0.05, 0.1) is 4.92 Å². The second-order valence-electron chi connectivity index (χ2n) is 3.14. The van der Waals surface area contributed by atoms with E-state index >= 15 is 0 Å². The molecule has 1 heterocycles. The van der Waals surface area contributed by atoms with Crippen molar-refractivity contribution in [3.8, 4) is 10.6 Å². The zero-order chi connectivity index (χ0) is 11.5. The van der Waals surface area contributed by atoms with Crippen LogP contribution < -0.4 is 5.73 Å². The van der Waals surface area contributed by atoms with Crippen LogP contribution in [-0.4, -0.2) is 9.91 Å². The number of benzene rings is 1. The summed E-state index contributed by atoms with van der Waals surface area (Å²) < 4.78 is 0. The Morgan fingerprint density at radius 3 is 2.56 bits per heavy atom. The van der Waals surface area contributed by atoms with Gasteiger partial charge in [0.15, 0.2) is 0 Å². The summed E-state index contributed by atoms with van der Waals surface area (Å²) in [5, 5.41) is 11.3. The molecule has 2 rings (SSSR count). The van der Waals surface area contributed by atoms with Crippen LogP contribution in [0, 0.1) is 10.1 Å². The van der Waals surface area contributed by atoms with Crippen molar-refractivity contribution in [2.75, 3.05) is 0 Å². The fourth-order valence-electron chi connectivity index (χ4n) is 1.26. The van der Waals surface area contributed by atoms with E-state index in [4.69, 9.17) is 5.73 Å². The van der Waals surface area contributed by atoms with Crippen molar-refractivity contribution in [3.05, 3.63) is 45.5 Å². The average molecular weight is 235 g/mol. The van der Waals surface area contributed by atoms with Crippen molar-refractivity contribution in [2.45, 2.75) is 6.54 Å². The molecular formula is C10H9N3O2S. The van der Waals surface area contributed by atoms with Crippen LogP contribution in [0.1, 0.15) is 4.88 Å². The summed E-state index contributed by atoms with van der Waals surface area (Å²) in [6.45, 7) is 0.463. The fourth-order valence-corrected chi connectivity index (χ4v) is 2.06. The molecule has 0 aliphatic rings. The standard InChI is InChI=1S/C10H9N3O2S/c11-5-9-6-12-10(16-9)7-1-3-8(4-2-7)13(14)15/h1-4,6H,5,11H2. The topological polar surface area (TPSA) is 82.0 Å². The van der Waals surface area contributed by atoms with E-state index in [1.54, 1.807) is 18.3 Å². The van der Waals surface area contributed by atoms with E-state index in [-0.39, 0.29) is 5.69 Å². The van der Waals surface area contributed by atoms with E-state index < -0.39 is 4.92 Å². The second kappa shape index (κ2) is 4.38. The van der Waals surface area contributed by atoms with Crippen LogP contribution in [0.5, 0.6) is 0 Å². The van der Waals surface area contributed by atoms with Gasteiger partial charge < -0.3 is 5.73 Å². The first-order valence-electron chi connectivity index (χ1n) is 4.60. The lowest BCUT2D eigenvalue weighted by molar-refractivity contribution is -0.384. The molecule has 0 fully saturated rings. The number of nitrogens with two attached hydrogens (primary N) is 1. The zero-order valence-corrected chi connectivity index (χ0v) is 9.11. The number of rotatable bonds is 3. The Hall–Kier alpha value is -1.79. The maximum Gasteiger partial charge on any atom is 0.269 e. The lowest BCUT2D eigenvalue weighted by atomic mass is 10.2. The molecular weight excluding hydrogens is 226 g/mol. The first-order chi connectivity index (χ1) is 7.70. The minimum atomic E-state index is -0.420. The number of nitro benzene ring substituents is 1. The molecule has 6 heteroatoms. The molecule has 5 nitrogen and oxygen atoms in total. The molecule has 1 aromatic carbocycles. The predicted molar refractivity (Wildman–Crippen MR) is 62.1 cm³/mol. The van der Waals surface area contributed by atoms with Gasteiger partial charge in [-0.15, -0.1) is 11.3 Å². The minimum Gasteiger partial charge on any atom is -0.326 e. The van der Waals surface area contributed by atoms with E-state index in [9.17, 15) is 10.1 Å². The van der Waals surface area contributed by atoms with Gasteiger partial charge in [0.2, 0.25) is 0 Å². The summed E-state index contributed by atoms with van der Waals surface area (Å²) >= 11 is 1.49. The Labute approximate surface area is 95.7 Å². The molecule has 0 saturated carbocycles. The van der Waals surface area contributed by atoms with Crippen molar-refractivity contribution < 1.29 is 4.92 Å². The first kappa shape index (κ1) is 10.7. The van der Waals surface area contributed by atoms with Crippen LogP contribution >= 0.6 is 11.3 Å². The smallest absolute Gasteiger partial charge is 0.269 e. The van der Waals surface area contributed by atoms with Crippen LogP contribution in [0.3, 0.4) is 0 Å². The van der Waals surface area contributed by atoms with Crippen molar-refractivity contribution in [1.29, 1.82) is 0 Å². The van der Waals surface area contributed by atoms with Crippen LogP contribution in [0.25, 0.3) is 10.6 Å². The Kier molecular flexibility index (Phi) is 2.93. The predicted octanol–water partition coefficient (Wildman–Crippen LogP) is 2.18. The molecule has 2 aromatic rings. The van der Waals surface area contributed by atoms with E-state index in [0.29, 0.717) is 6.54 Å². The summed E-state index contributed by atoms with van der Waals surface area (Å²) in [5.74, 6) is 0. The molecule has 82 valence electrons. The molecule has 0 unspecified atom stereocenters. The summed E-state index contributed by atoms with van der Waals surface area (Å²) in [7, 11) is 0. The largest absolute Gasteiger partial charge is 0.326 e. The van der Waals surface area contributed by atoms with E-state index in [2.05, 4.69) is 4.98 Å². The van der Waals surface area contributed by atoms with Crippen LogP contribution in [0.15, 0.2) is 30.5 Å². The molecule has 16 heavy (non-hydrogen) atoms. The Balaban J connectivity index is 2.30. The Morgan fingerprint density at radius 1 is 1.38 bits per heavy atom. The highest BCUT2D eigenvalue weighted by Gasteiger charge is 2.07. The number of nitrogens with zero attached hydrogens (tertiary/aromatic N) is 2. The molecule has 0 amide bonds. The number of nitro groups is 1. The normalized spacial score (nSPS) is 10.3. The molecule has 0 bridgehead atoms. The number of thiazole rings is 1. The maximum atomic E-state index is 10.5. The highest BCUT2D eigenvalue weighted by molar-refractivity contribution is 7.15. The summed E-state index contributed by atoms with van der Waals surface area (Å²) in [5.41, 5.74) is 6.44. The lowest BCUT2D eigenvalue weighted by Crippen LogP contribution is -1.91. The molecule has 1 aromatic heterocycles.